The van der Waals surface area contributed by atoms with Gasteiger partial charge >= 0.3 is 0 Å². The minimum absolute atomic E-state index is 0.00603. The van der Waals surface area contributed by atoms with Gasteiger partial charge in [0.15, 0.2) is 10.9 Å². The average molecular weight is 730 g/mol. The molecule has 5 nitrogen and oxygen atoms in total. The smallest absolute Gasteiger partial charge is 0.197 e. The van der Waals surface area contributed by atoms with E-state index in [1.165, 1.54) is 58.6 Å². The zero-order valence-electron chi connectivity index (χ0n) is 33.3. The number of nitrogens with one attached hydrogen (secondary N) is 2. The molecule has 55 heavy (non-hydrogen) atoms. The van der Waals surface area contributed by atoms with Crippen molar-refractivity contribution < 1.29 is 0 Å². The van der Waals surface area contributed by atoms with Crippen LogP contribution in [0, 0.1) is 0 Å². The van der Waals surface area contributed by atoms with Crippen molar-refractivity contribution in [3.05, 3.63) is 127 Å². The van der Waals surface area contributed by atoms with Crippen LogP contribution < -0.4 is 10.9 Å². The second kappa shape index (κ2) is 15.5. The summed E-state index contributed by atoms with van der Waals surface area (Å²) in [5.41, 5.74) is 13.5. The largest absolute Gasteiger partial charge is 0.354 e. The zero-order valence-corrected chi connectivity index (χ0v) is 33.3. The average Bonchev–Trinajstić information content (AvgIpc) is 3.61. The molecule has 5 heteroatoms. The van der Waals surface area contributed by atoms with Gasteiger partial charge in [0.2, 0.25) is 0 Å². The number of aromatic amines is 2. The van der Waals surface area contributed by atoms with Gasteiger partial charge in [-0.25, -0.2) is 0 Å². The summed E-state index contributed by atoms with van der Waals surface area (Å²) in [6, 6.07) is 26.3. The Bertz CT molecular complexity index is 2840. The number of unbranched alkanes of at least 4 members (excludes halogenated alkanes) is 3. The summed E-state index contributed by atoms with van der Waals surface area (Å²) in [7, 11) is 0. The number of pyridine rings is 2. The molecule has 0 aliphatic carbocycles. The third-order valence-corrected chi connectivity index (χ3v) is 12.5. The number of rotatable bonds is 14. The number of benzene rings is 5. The Kier molecular flexibility index (Phi) is 10.4. The first-order valence-corrected chi connectivity index (χ1v) is 21.0. The highest BCUT2D eigenvalue weighted by Crippen LogP contribution is 2.44. The van der Waals surface area contributed by atoms with Gasteiger partial charge in [-0.1, -0.05) is 96.7 Å². The molecule has 1 unspecified atom stereocenters. The van der Waals surface area contributed by atoms with E-state index in [0.29, 0.717) is 27.6 Å². The number of para-hydroxylation sites is 2. The lowest BCUT2D eigenvalue weighted by Crippen LogP contribution is -2.14. The summed E-state index contributed by atoms with van der Waals surface area (Å²) in [5.74, 6) is 0.399. The lowest BCUT2D eigenvalue weighted by Gasteiger charge is -2.26. The molecule has 2 N–H and O–H groups in total. The van der Waals surface area contributed by atoms with Gasteiger partial charge < -0.3 is 14.5 Å². The van der Waals surface area contributed by atoms with E-state index in [2.05, 4.69) is 73.4 Å². The molecule has 0 saturated heterocycles. The standard InChI is InChI=1S/C50H55N3O2/c1-6-11-12-13-20-32(45-34(9-4)33(8-3)35(10-5)47-46-31(7-2)21-18-26-41(46)52-48(45)47)22-19-28-53-43-27-17-15-24-37(43)50(55)39-29-42-38(30-44(39)53)49(54)36-23-14-16-25-40(36)51-42/h14-18,21,23-27,29-30,32,52H,6-13,19-20,22,28H2,1-5H3,(H,51,54). The lowest BCUT2D eigenvalue weighted by atomic mass is 9.79. The van der Waals surface area contributed by atoms with Crippen LogP contribution in [0.3, 0.4) is 0 Å². The van der Waals surface area contributed by atoms with Gasteiger partial charge in [0.25, 0.3) is 0 Å². The van der Waals surface area contributed by atoms with Crippen LogP contribution in [-0.2, 0) is 32.2 Å². The fraction of sp³-hybridized carbons (Fsp3) is 0.360. The van der Waals surface area contributed by atoms with Crippen molar-refractivity contribution >= 4 is 65.4 Å². The van der Waals surface area contributed by atoms with Crippen LogP contribution in [-0.4, -0.2) is 14.5 Å². The second-order valence-corrected chi connectivity index (χ2v) is 15.6. The number of aromatic nitrogens is 3. The molecule has 0 amide bonds. The molecule has 0 radical (unpaired) electrons. The van der Waals surface area contributed by atoms with Crippen molar-refractivity contribution in [2.24, 2.45) is 0 Å². The van der Waals surface area contributed by atoms with Gasteiger partial charge in [0, 0.05) is 49.9 Å². The molecule has 282 valence electrons. The maximum Gasteiger partial charge on any atom is 0.197 e. The summed E-state index contributed by atoms with van der Waals surface area (Å²) in [6.45, 7) is 12.4. The van der Waals surface area contributed by atoms with Crippen molar-refractivity contribution in [2.45, 2.75) is 118 Å². The second-order valence-electron chi connectivity index (χ2n) is 15.6. The Labute approximate surface area is 323 Å². The van der Waals surface area contributed by atoms with E-state index in [1.807, 2.05) is 54.6 Å². The summed E-state index contributed by atoms with van der Waals surface area (Å²) < 4.78 is 2.32. The van der Waals surface area contributed by atoms with E-state index in [9.17, 15) is 9.59 Å². The molecule has 0 bridgehead atoms. The highest BCUT2D eigenvalue weighted by Gasteiger charge is 2.26. The molecule has 1 atom stereocenters. The van der Waals surface area contributed by atoms with Gasteiger partial charge in [0.05, 0.1) is 22.1 Å². The van der Waals surface area contributed by atoms with Crippen molar-refractivity contribution in [1.82, 2.24) is 14.5 Å². The number of aryl methyl sites for hydroxylation is 3. The summed E-state index contributed by atoms with van der Waals surface area (Å²) in [5, 5.41) is 5.52. The Morgan fingerprint density at radius 3 is 2.02 bits per heavy atom. The molecule has 0 saturated carbocycles. The van der Waals surface area contributed by atoms with E-state index in [1.54, 1.807) is 16.7 Å². The monoisotopic (exact) mass is 729 g/mol. The van der Waals surface area contributed by atoms with Crippen LogP contribution in [0.5, 0.6) is 0 Å². The maximum atomic E-state index is 14.1. The number of hydrogen-bond acceptors (Lipinski definition) is 2. The van der Waals surface area contributed by atoms with Crippen molar-refractivity contribution in [1.29, 1.82) is 0 Å². The summed E-state index contributed by atoms with van der Waals surface area (Å²) in [4.78, 5) is 35.4. The predicted octanol–water partition coefficient (Wildman–Crippen LogP) is 12.6. The van der Waals surface area contributed by atoms with Crippen LogP contribution in [0.4, 0.5) is 0 Å². The van der Waals surface area contributed by atoms with Gasteiger partial charge in [-0.05, 0) is 121 Å². The first kappa shape index (κ1) is 36.8. The zero-order chi connectivity index (χ0) is 38.2. The Morgan fingerprint density at radius 2 is 1.25 bits per heavy atom. The maximum absolute atomic E-state index is 14.1. The Balaban J connectivity index is 1.28. The van der Waals surface area contributed by atoms with E-state index < -0.39 is 0 Å². The fourth-order valence-corrected chi connectivity index (χ4v) is 9.97. The first-order chi connectivity index (χ1) is 26.9. The summed E-state index contributed by atoms with van der Waals surface area (Å²) >= 11 is 0. The molecule has 3 aromatic heterocycles. The Hall–Kier alpha value is -5.16. The third kappa shape index (κ3) is 6.26. The van der Waals surface area contributed by atoms with Crippen LogP contribution >= 0.6 is 0 Å². The van der Waals surface area contributed by atoms with E-state index >= 15 is 0 Å². The van der Waals surface area contributed by atoms with Gasteiger partial charge in [-0.15, -0.1) is 0 Å². The lowest BCUT2D eigenvalue weighted by molar-refractivity contribution is 0.493. The molecule has 0 aliphatic heterocycles. The molecule has 0 spiro atoms. The topological polar surface area (TPSA) is 70.7 Å². The number of nitrogens with zero attached hydrogens (tertiary/aromatic N) is 1. The fourth-order valence-electron chi connectivity index (χ4n) is 9.97. The highest BCUT2D eigenvalue weighted by molar-refractivity contribution is 6.12. The SMILES string of the molecule is CCCCCCC(CCCn1c2ccccc2c(=O)c2cc3[nH]c4ccccc4c(=O)c3cc21)c1c(CC)c(CC)c(CC)c2c1[nH]c1cccc(CC)c12. The van der Waals surface area contributed by atoms with E-state index in [0.717, 1.165) is 73.4 Å². The van der Waals surface area contributed by atoms with Gasteiger partial charge in [0.1, 0.15) is 0 Å². The van der Waals surface area contributed by atoms with E-state index in [-0.39, 0.29) is 10.9 Å². The molecule has 0 aliphatic rings. The van der Waals surface area contributed by atoms with Crippen molar-refractivity contribution in [2.75, 3.05) is 0 Å². The van der Waals surface area contributed by atoms with Crippen LogP contribution in [0.1, 0.15) is 113 Å². The molecule has 8 aromatic rings. The normalized spacial score (nSPS) is 12.7. The van der Waals surface area contributed by atoms with Gasteiger partial charge in [-0.2, -0.15) is 0 Å². The minimum Gasteiger partial charge on any atom is -0.354 e. The minimum atomic E-state index is -0.00603. The number of fused-ring (bicyclic) bond motifs is 7. The summed E-state index contributed by atoms with van der Waals surface area (Å²) in [6.07, 6.45) is 12.2. The quantitative estimate of drug-likeness (QED) is 0.0864. The molecule has 0 fully saturated rings. The highest BCUT2D eigenvalue weighted by atomic mass is 16.1. The van der Waals surface area contributed by atoms with Crippen LogP contribution in [0.15, 0.2) is 88.5 Å². The molecular weight excluding hydrogens is 675 g/mol. The van der Waals surface area contributed by atoms with Crippen LogP contribution in [0.25, 0.3) is 65.4 Å². The molecule has 5 aromatic carbocycles. The number of hydrogen-bond donors (Lipinski definition) is 2. The molecule has 3 heterocycles. The number of H-pyrrole nitrogens is 2. The molecular formula is C50H55N3O2. The Morgan fingerprint density at radius 1 is 0.545 bits per heavy atom. The van der Waals surface area contributed by atoms with E-state index in [4.69, 9.17) is 0 Å². The van der Waals surface area contributed by atoms with Gasteiger partial charge in [-0.3, -0.25) is 9.59 Å². The van der Waals surface area contributed by atoms with Crippen molar-refractivity contribution in [3.8, 4) is 0 Å². The molecule has 8 rings (SSSR count). The first-order valence-electron chi connectivity index (χ1n) is 21.0. The van der Waals surface area contributed by atoms with Crippen LogP contribution in [0.2, 0.25) is 0 Å². The van der Waals surface area contributed by atoms with Crippen molar-refractivity contribution in [3.63, 3.8) is 0 Å². The third-order valence-electron chi connectivity index (χ3n) is 12.5. The predicted molar refractivity (Wildman–Crippen MR) is 235 cm³/mol.